The topological polar surface area (TPSA) is 86.9 Å². The number of nitrogens with zero attached hydrogens (tertiary/aromatic N) is 2. The van der Waals surface area contributed by atoms with Gasteiger partial charge in [-0.3, -0.25) is 4.72 Å². The summed E-state index contributed by atoms with van der Waals surface area (Å²) in [5.41, 5.74) is 4.17. The number of aromatic nitrogens is 1. The van der Waals surface area contributed by atoms with Crippen LogP contribution in [0.15, 0.2) is 30.3 Å². The van der Waals surface area contributed by atoms with Crippen LogP contribution in [0.25, 0.3) is 0 Å². The molecule has 0 aliphatic rings. The van der Waals surface area contributed by atoms with Gasteiger partial charge in [-0.25, -0.2) is 8.42 Å². The van der Waals surface area contributed by atoms with E-state index in [1.165, 1.54) is 0 Å². The second kappa shape index (κ2) is 7.41. The Morgan fingerprint density at radius 3 is 2.38 bits per heavy atom. The van der Waals surface area contributed by atoms with E-state index in [4.69, 9.17) is 5.26 Å². The minimum atomic E-state index is -3.27. The van der Waals surface area contributed by atoms with Crippen molar-refractivity contribution in [3.63, 3.8) is 0 Å². The van der Waals surface area contributed by atoms with Crippen LogP contribution < -0.4 is 10.0 Å². The first-order chi connectivity index (χ1) is 11.4. The lowest BCUT2D eigenvalue weighted by Crippen LogP contribution is -2.16. The van der Waals surface area contributed by atoms with E-state index in [2.05, 4.69) is 16.1 Å². The van der Waals surface area contributed by atoms with E-state index in [1.54, 1.807) is 12.1 Å². The van der Waals surface area contributed by atoms with Gasteiger partial charge in [0.2, 0.25) is 10.0 Å². The summed E-state index contributed by atoms with van der Waals surface area (Å²) < 4.78 is 27.9. The minimum absolute atomic E-state index is 0.113. The quantitative estimate of drug-likeness (QED) is 0.807. The van der Waals surface area contributed by atoms with Gasteiger partial charge in [0.15, 0.2) is 0 Å². The van der Waals surface area contributed by atoms with Crippen LogP contribution in [0.2, 0.25) is 0 Å². The summed E-state index contributed by atoms with van der Waals surface area (Å²) in [6.45, 7) is 4.40. The van der Waals surface area contributed by atoms with Crippen LogP contribution in [-0.4, -0.2) is 18.7 Å². The van der Waals surface area contributed by atoms with Gasteiger partial charge >= 0.3 is 0 Å². The predicted molar refractivity (Wildman–Crippen MR) is 96.3 cm³/mol. The fraction of sp³-hybridized carbons (Fsp3) is 0.353. The zero-order chi connectivity index (χ0) is 17.7. The SMILES string of the molecule is CCCS(=O)(=O)Nc1ccc(NCc2cc(C#N)n(C)c2C)cc1. The summed E-state index contributed by atoms with van der Waals surface area (Å²) >= 11 is 0. The summed E-state index contributed by atoms with van der Waals surface area (Å²) in [5, 5.41) is 12.3. The largest absolute Gasteiger partial charge is 0.381 e. The van der Waals surface area contributed by atoms with Gasteiger partial charge in [-0.2, -0.15) is 5.26 Å². The third kappa shape index (κ3) is 4.30. The molecule has 1 aromatic carbocycles. The second-order valence-corrected chi connectivity index (χ2v) is 7.50. The standard InChI is InChI=1S/C17H22N4O2S/c1-4-9-24(22,23)20-16-7-5-15(6-8-16)19-12-14-10-17(11-18)21(3)13(14)2/h5-8,10,19-20H,4,9,12H2,1-3H3. The van der Waals surface area contributed by atoms with Crippen molar-refractivity contribution < 1.29 is 8.42 Å². The maximum atomic E-state index is 11.7. The van der Waals surface area contributed by atoms with Crippen molar-refractivity contribution in [1.29, 1.82) is 5.26 Å². The summed E-state index contributed by atoms with van der Waals surface area (Å²) in [5.74, 6) is 0.113. The molecule has 0 spiro atoms. The Morgan fingerprint density at radius 1 is 1.21 bits per heavy atom. The number of nitriles is 1. The Labute approximate surface area is 143 Å². The summed E-state index contributed by atoms with van der Waals surface area (Å²) in [4.78, 5) is 0. The van der Waals surface area contributed by atoms with Gasteiger partial charge < -0.3 is 9.88 Å². The molecule has 6 nitrogen and oxygen atoms in total. The monoisotopic (exact) mass is 346 g/mol. The highest BCUT2D eigenvalue weighted by atomic mass is 32.2. The van der Waals surface area contributed by atoms with Crippen molar-refractivity contribution >= 4 is 21.4 Å². The molecule has 2 N–H and O–H groups in total. The molecule has 128 valence electrons. The molecule has 0 fully saturated rings. The molecule has 2 rings (SSSR count). The van der Waals surface area contributed by atoms with E-state index in [0.717, 1.165) is 16.9 Å². The van der Waals surface area contributed by atoms with Crippen LogP contribution in [0.4, 0.5) is 11.4 Å². The van der Waals surface area contributed by atoms with Crippen molar-refractivity contribution in [2.24, 2.45) is 7.05 Å². The van der Waals surface area contributed by atoms with Gasteiger partial charge in [0.1, 0.15) is 11.8 Å². The van der Waals surface area contributed by atoms with Gasteiger partial charge in [-0.05, 0) is 49.2 Å². The van der Waals surface area contributed by atoms with Crippen LogP contribution in [0.3, 0.4) is 0 Å². The lowest BCUT2D eigenvalue weighted by molar-refractivity contribution is 0.600. The zero-order valence-electron chi connectivity index (χ0n) is 14.1. The van der Waals surface area contributed by atoms with E-state index < -0.39 is 10.0 Å². The maximum absolute atomic E-state index is 11.7. The molecule has 0 bridgehead atoms. The molecule has 0 saturated carbocycles. The third-order valence-corrected chi connectivity index (χ3v) is 5.36. The van der Waals surface area contributed by atoms with Crippen molar-refractivity contribution in [2.45, 2.75) is 26.8 Å². The summed E-state index contributed by atoms with van der Waals surface area (Å²) in [6, 6.07) is 11.1. The molecule has 0 aliphatic heterocycles. The number of sulfonamides is 1. The van der Waals surface area contributed by atoms with E-state index in [9.17, 15) is 8.42 Å². The lowest BCUT2D eigenvalue weighted by atomic mass is 10.2. The van der Waals surface area contributed by atoms with Crippen LogP contribution >= 0.6 is 0 Å². The molecule has 7 heteroatoms. The zero-order valence-corrected chi connectivity index (χ0v) is 14.9. The molecule has 0 aliphatic carbocycles. The third-order valence-electron chi connectivity index (χ3n) is 3.87. The van der Waals surface area contributed by atoms with Crippen molar-refractivity contribution in [2.75, 3.05) is 15.8 Å². The Morgan fingerprint density at radius 2 is 1.83 bits per heavy atom. The van der Waals surface area contributed by atoms with Crippen LogP contribution in [-0.2, 0) is 23.6 Å². The second-order valence-electron chi connectivity index (χ2n) is 5.66. The Hall–Kier alpha value is -2.46. The molecule has 0 atom stereocenters. The summed E-state index contributed by atoms with van der Waals surface area (Å²) in [6.07, 6.45) is 0.579. The molecule has 1 heterocycles. The van der Waals surface area contributed by atoms with Gasteiger partial charge in [-0.1, -0.05) is 6.92 Å². The normalized spacial score (nSPS) is 11.1. The molecule has 1 aromatic heterocycles. The number of benzene rings is 1. The number of rotatable bonds is 7. The van der Waals surface area contributed by atoms with Crippen LogP contribution in [0, 0.1) is 18.3 Å². The fourth-order valence-corrected chi connectivity index (χ4v) is 3.54. The van der Waals surface area contributed by atoms with Gasteiger partial charge in [0.25, 0.3) is 0 Å². The van der Waals surface area contributed by atoms with Gasteiger partial charge in [-0.15, -0.1) is 0 Å². The number of hydrogen-bond acceptors (Lipinski definition) is 4. The number of anilines is 2. The van der Waals surface area contributed by atoms with Crippen LogP contribution in [0.1, 0.15) is 30.3 Å². The molecule has 0 saturated heterocycles. The van der Waals surface area contributed by atoms with E-state index in [-0.39, 0.29) is 5.75 Å². The van der Waals surface area contributed by atoms with Crippen molar-refractivity contribution in [3.8, 4) is 6.07 Å². The van der Waals surface area contributed by atoms with Gasteiger partial charge in [0.05, 0.1) is 5.75 Å². The Balaban J connectivity index is 2.01. The molecule has 0 radical (unpaired) electrons. The highest BCUT2D eigenvalue weighted by molar-refractivity contribution is 7.92. The average molecular weight is 346 g/mol. The Kier molecular flexibility index (Phi) is 5.52. The highest BCUT2D eigenvalue weighted by Gasteiger charge is 2.10. The number of nitrogens with one attached hydrogen (secondary N) is 2. The van der Waals surface area contributed by atoms with Crippen molar-refractivity contribution in [1.82, 2.24) is 4.57 Å². The molecular weight excluding hydrogens is 324 g/mol. The maximum Gasteiger partial charge on any atom is 0.232 e. The molecule has 0 unspecified atom stereocenters. The molecular formula is C17H22N4O2S. The highest BCUT2D eigenvalue weighted by Crippen LogP contribution is 2.18. The van der Waals surface area contributed by atoms with E-state index in [0.29, 0.717) is 24.3 Å². The van der Waals surface area contributed by atoms with Crippen molar-refractivity contribution in [3.05, 3.63) is 47.3 Å². The van der Waals surface area contributed by atoms with Crippen LogP contribution in [0.5, 0.6) is 0 Å². The minimum Gasteiger partial charge on any atom is -0.381 e. The fourth-order valence-electron chi connectivity index (χ4n) is 2.40. The molecule has 24 heavy (non-hydrogen) atoms. The lowest BCUT2D eigenvalue weighted by Gasteiger charge is -2.10. The summed E-state index contributed by atoms with van der Waals surface area (Å²) in [7, 11) is -1.40. The molecule has 2 aromatic rings. The first-order valence-corrected chi connectivity index (χ1v) is 9.41. The smallest absolute Gasteiger partial charge is 0.232 e. The first-order valence-electron chi connectivity index (χ1n) is 7.76. The molecule has 0 amide bonds. The van der Waals surface area contributed by atoms with E-state index in [1.807, 2.05) is 43.7 Å². The number of hydrogen-bond donors (Lipinski definition) is 2. The first kappa shape index (κ1) is 17.9. The average Bonchev–Trinajstić information content (AvgIpc) is 2.81. The van der Waals surface area contributed by atoms with E-state index >= 15 is 0 Å². The Bertz CT molecular complexity index is 846. The van der Waals surface area contributed by atoms with Gasteiger partial charge in [0, 0.05) is 30.7 Å². The predicted octanol–water partition coefficient (Wildman–Crippen LogP) is 2.97.